The predicted molar refractivity (Wildman–Crippen MR) is 61.8 cm³/mol. The lowest BCUT2D eigenvalue weighted by Gasteiger charge is -2.07. The van der Waals surface area contributed by atoms with Crippen LogP contribution in [0.5, 0.6) is 0 Å². The Labute approximate surface area is 101 Å². The molecule has 0 aliphatic heterocycles. The van der Waals surface area contributed by atoms with Crippen LogP contribution in [0.25, 0.3) is 11.1 Å². The number of rotatable bonds is 1. The molecule has 0 saturated carbocycles. The van der Waals surface area contributed by atoms with Gasteiger partial charge in [0.15, 0.2) is 0 Å². The monoisotopic (exact) mass is 258 g/mol. The minimum Gasteiger partial charge on any atom is -0.207 e. The van der Waals surface area contributed by atoms with Gasteiger partial charge in [0.2, 0.25) is 0 Å². The maximum absolute atomic E-state index is 13.1. The van der Waals surface area contributed by atoms with Gasteiger partial charge >= 0.3 is 0 Å². The Morgan fingerprint density at radius 3 is 1.44 bits per heavy atom. The van der Waals surface area contributed by atoms with Crippen LogP contribution in [-0.4, -0.2) is 0 Å². The van der Waals surface area contributed by atoms with Gasteiger partial charge in [-0.3, -0.25) is 0 Å². The summed E-state index contributed by atoms with van der Waals surface area (Å²) >= 11 is 11.8. The molecule has 0 amide bonds. The fourth-order valence-electron chi connectivity index (χ4n) is 1.41. The molecule has 0 aliphatic rings. The molecule has 16 heavy (non-hydrogen) atoms. The highest BCUT2D eigenvalue weighted by molar-refractivity contribution is 6.36. The highest BCUT2D eigenvalue weighted by atomic mass is 35.5. The zero-order valence-electron chi connectivity index (χ0n) is 7.98. The SMILES string of the molecule is Fc1ccc(Cl)c(-c2cc(F)ccc2Cl)c1. The molecule has 0 heterocycles. The second-order valence-electron chi connectivity index (χ2n) is 3.25. The Kier molecular flexibility index (Phi) is 3.13. The largest absolute Gasteiger partial charge is 0.207 e. The zero-order valence-corrected chi connectivity index (χ0v) is 9.49. The summed E-state index contributed by atoms with van der Waals surface area (Å²) in [6.45, 7) is 0. The van der Waals surface area contributed by atoms with Gasteiger partial charge in [0.25, 0.3) is 0 Å². The summed E-state index contributed by atoms with van der Waals surface area (Å²) in [5.41, 5.74) is 0.761. The van der Waals surface area contributed by atoms with Gasteiger partial charge in [0, 0.05) is 21.2 Å². The minimum atomic E-state index is -0.445. The first-order chi connectivity index (χ1) is 7.58. The van der Waals surface area contributed by atoms with Crippen LogP contribution < -0.4 is 0 Å². The van der Waals surface area contributed by atoms with E-state index in [0.29, 0.717) is 21.2 Å². The molecule has 2 aromatic rings. The summed E-state index contributed by atoms with van der Waals surface area (Å²) in [6.07, 6.45) is 0. The Morgan fingerprint density at radius 2 is 1.06 bits per heavy atom. The van der Waals surface area contributed by atoms with Crippen molar-refractivity contribution in [2.45, 2.75) is 0 Å². The molecule has 0 nitrogen and oxygen atoms in total. The number of halogens is 4. The van der Waals surface area contributed by atoms with Gasteiger partial charge in [-0.1, -0.05) is 23.2 Å². The Balaban J connectivity index is 2.66. The van der Waals surface area contributed by atoms with E-state index in [1.54, 1.807) is 0 Å². The van der Waals surface area contributed by atoms with Crippen LogP contribution in [0.2, 0.25) is 10.0 Å². The molecule has 0 saturated heterocycles. The highest BCUT2D eigenvalue weighted by Gasteiger charge is 2.09. The van der Waals surface area contributed by atoms with E-state index >= 15 is 0 Å². The predicted octanol–water partition coefficient (Wildman–Crippen LogP) is 4.94. The normalized spacial score (nSPS) is 10.5. The van der Waals surface area contributed by atoms with Crippen molar-refractivity contribution in [2.24, 2.45) is 0 Å². The highest BCUT2D eigenvalue weighted by Crippen LogP contribution is 2.34. The van der Waals surface area contributed by atoms with E-state index in [0.717, 1.165) is 0 Å². The maximum Gasteiger partial charge on any atom is 0.123 e. The minimum absolute atomic E-state index is 0.328. The fourth-order valence-corrected chi connectivity index (χ4v) is 1.85. The van der Waals surface area contributed by atoms with Crippen LogP contribution in [-0.2, 0) is 0 Å². The Hall–Kier alpha value is -1.12. The van der Waals surface area contributed by atoms with Gasteiger partial charge < -0.3 is 0 Å². The number of benzene rings is 2. The molecule has 2 aromatic carbocycles. The van der Waals surface area contributed by atoms with Crippen molar-refractivity contribution < 1.29 is 8.78 Å². The molecule has 0 unspecified atom stereocenters. The van der Waals surface area contributed by atoms with Crippen molar-refractivity contribution >= 4 is 23.2 Å². The maximum atomic E-state index is 13.1. The van der Waals surface area contributed by atoms with Crippen LogP contribution in [0.15, 0.2) is 36.4 Å². The lowest BCUT2D eigenvalue weighted by Crippen LogP contribution is -1.85. The lowest BCUT2D eigenvalue weighted by molar-refractivity contribution is 0.626. The molecule has 82 valence electrons. The number of hydrogen-bond donors (Lipinski definition) is 0. The van der Waals surface area contributed by atoms with Gasteiger partial charge in [-0.15, -0.1) is 0 Å². The molecule has 0 aromatic heterocycles. The van der Waals surface area contributed by atoms with Crippen LogP contribution in [0.3, 0.4) is 0 Å². The van der Waals surface area contributed by atoms with E-state index in [-0.39, 0.29) is 0 Å². The molecular weight excluding hydrogens is 253 g/mol. The first kappa shape index (κ1) is 11.4. The van der Waals surface area contributed by atoms with Crippen molar-refractivity contribution in [3.05, 3.63) is 58.1 Å². The summed E-state index contributed by atoms with van der Waals surface area (Å²) in [6, 6.07) is 7.74. The molecule has 0 atom stereocenters. The topological polar surface area (TPSA) is 0 Å². The van der Waals surface area contributed by atoms with E-state index in [9.17, 15) is 8.78 Å². The lowest BCUT2D eigenvalue weighted by atomic mass is 10.1. The fraction of sp³-hybridized carbons (Fsp3) is 0. The Morgan fingerprint density at radius 1 is 0.688 bits per heavy atom. The summed E-state index contributed by atoms with van der Waals surface area (Å²) < 4.78 is 26.1. The van der Waals surface area contributed by atoms with E-state index in [1.807, 2.05) is 0 Å². The second kappa shape index (κ2) is 4.40. The third kappa shape index (κ3) is 2.18. The summed E-state index contributed by atoms with van der Waals surface area (Å²) in [5, 5.41) is 0.655. The average Bonchev–Trinajstić information content (AvgIpc) is 2.25. The van der Waals surface area contributed by atoms with Crippen LogP contribution in [0, 0.1) is 11.6 Å². The van der Waals surface area contributed by atoms with Crippen LogP contribution in [0.1, 0.15) is 0 Å². The molecule has 0 spiro atoms. The molecule has 0 bridgehead atoms. The first-order valence-corrected chi connectivity index (χ1v) is 5.24. The number of hydrogen-bond acceptors (Lipinski definition) is 0. The summed E-state index contributed by atoms with van der Waals surface area (Å²) in [7, 11) is 0. The Bertz CT molecular complexity index is 489. The molecule has 0 fully saturated rings. The van der Waals surface area contributed by atoms with Gasteiger partial charge in [-0.05, 0) is 36.4 Å². The van der Waals surface area contributed by atoms with E-state index in [4.69, 9.17) is 23.2 Å². The molecule has 0 aliphatic carbocycles. The van der Waals surface area contributed by atoms with Crippen molar-refractivity contribution in [1.82, 2.24) is 0 Å². The van der Waals surface area contributed by atoms with Crippen molar-refractivity contribution in [3.63, 3.8) is 0 Å². The van der Waals surface area contributed by atoms with Crippen molar-refractivity contribution in [3.8, 4) is 11.1 Å². The zero-order chi connectivity index (χ0) is 11.7. The van der Waals surface area contributed by atoms with Gasteiger partial charge in [-0.2, -0.15) is 0 Å². The van der Waals surface area contributed by atoms with E-state index in [1.165, 1.54) is 36.4 Å². The summed E-state index contributed by atoms with van der Waals surface area (Å²) in [4.78, 5) is 0. The molecular formula is C12H6Cl2F2. The van der Waals surface area contributed by atoms with E-state index < -0.39 is 11.6 Å². The van der Waals surface area contributed by atoms with Crippen molar-refractivity contribution in [1.29, 1.82) is 0 Å². The quantitative estimate of drug-likeness (QED) is 0.680. The third-order valence-electron chi connectivity index (χ3n) is 2.15. The first-order valence-electron chi connectivity index (χ1n) is 4.48. The summed E-state index contributed by atoms with van der Waals surface area (Å²) in [5.74, 6) is -0.889. The average molecular weight is 259 g/mol. The van der Waals surface area contributed by atoms with Crippen molar-refractivity contribution in [2.75, 3.05) is 0 Å². The van der Waals surface area contributed by atoms with Crippen LogP contribution >= 0.6 is 23.2 Å². The van der Waals surface area contributed by atoms with Gasteiger partial charge in [-0.25, -0.2) is 8.78 Å². The van der Waals surface area contributed by atoms with Gasteiger partial charge in [0.05, 0.1) is 0 Å². The smallest absolute Gasteiger partial charge is 0.123 e. The van der Waals surface area contributed by atoms with Crippen LogP contribution in [0.4, 0.5) is 8.78 Å². The third-order valence-corrected chi connectivity index (χ3v) is 2.81. The molecule has 2 rings (SSSR count). The standard InChI is InChI=1S/C12H6Cl2F2/c13-11-3-1-7(15)5-9(11)10-6-8(16)2-4-12(10)14/h1-6H. The van der Waals surface area contributed by atoms with E-state index in [2.05, 4.69) is 0 Å². The van der Waals surface area contributed by atoms with Gasteiger partial charge in [0.1, 0.15) is 11.6 Å². The molecule has 0 radical (unpaired) electrons. The second-order valence-corrected chi connectivity index (χ2v) is 4.06. The molecule has 4 heteroatoms. The molecule has 0 N–H and O–H groups in total.